The Morgan fingerprint density at radius 2 is 1.81 bits per heavy atom. The Labute approximate surface area is 174 Å². The molecule has 31 heavy (non-hydrogen) atoms. The Kier molecular flexibility index (Phi) is 5.17. The Bertz CT molecular complexity index is 1240. The van der Waals surface area contributed by atoms with Crippen LogP contribution in [0.25, 0.3) is 11.5 Å². The lowest BCUT2D eigenvalue weighted by atomic mass is 10.2. The maximum absolute atomic E-state index is 12.7. The number of halogens is 3. The topological polar surface area (TPSA) is 90.0 Å². The summed E-state index contributed by atoms with van der Waals surface area (Å²) in [5.41, 5.74) is 2.02. The van der Waals surface area contributed by atoms with Gasteiger partial charge in [0.1, 0.15) is 0 Å². The van der Waals surface area contributed by atoms with Crippen LogP contribution in [0.1, 0.15) is 28.5 Å². The van der Waals surface area contributed by atoms with E-state index in [0.29, 0.717) is 17.3 Å². The largest absolute Gasteiger partial charge is 0.435 e. The summed E-state index contributed by atoms with van der Waals surface area (Å²) in [6.07, 6.45) is -3.23. The first kappa shape index (κ1) is 20.5. The lowest BCUT2D eigenvalue weighted by Gasteiger charge is -2.06. The van der Waals surface area contributed by atoms with Crippen LogP contribution < -0.4 is 5.32 Å². The molecular weight excluding hydrogens is 411 g/mol. The fourth-order valence-electron chi connectivity index (χ4n) is 3.07. The molecule has 0 unspecified atom stereocenters. The summed E-state index contributed by atoms with van der Waals surface area (Å²) in [7, 11) is 0. The standard InChI is InChI=1S/C20H18F3N7O/c1-12-9-13(2)30-19(25-12)26-17(28-30)10-18(31)24-11-14-3-5-15(6-4-14)29-8-7-16(27-29)20(21,22)23/h3-9H,10-11H2,1-2H3,(H,24,31). The number of nitrogens with one attached hydrogen (secondary N) is 1. The van der Waals surface area contributed by atoms with Gasteiger partial charge in [0, 0.05) is 24.1 Å². The van der Waals surface area contributed by atoms with Crippen LogP contribution in [0, 0.1) is 13.8 Å². The van der Waals surface area contributed by atoms with Gasteiger partial charge < -0.3 is 5.32 Å². The average molecular weight is 429 g/mol. The lowest BCUT2D eigenvalue weighted by Crippen LogP contribution is -2.25. The van der Waals surface area contributed by atoms with Gasteiger partial charge in [-0.3, -0.25) is 4.79 Å². The highest BCUT2D eigenvalue weighted by atomic mass is 19.4. The molecule has 8 nitrogen and oxygen atoms in total. The van der Waals surface area contributed by atoms with Crippen LogP contribution in [-0.2, 0) is 23.9 Å². The second kappa shape index (κ2) is 7.82. The molecule has 1 amide bonds. The van der Waals surface area contributed by atoms with Crippen molar-refractivity contribution in [2.24, 2.45) is 0 Å². The molecule has 4 aromatic rings. The molecule has 0 spiro atoms. The van der Waals surface area contributed by atoms with Gasteiger partial charge in [0.25, 0.3) is 5.78 Å². The molecule has 11 heteroatoms. The normalized spacial score (nSPS) is 11.8. The molecule has 0 bridgehead atoms. The third-order valence-electron chi connectivity index (χ3n) is 4.55. The van der Waals surface area contributed by atoms with Gasteiger partial charge in [-0.05, 0) is 43.7 Å². The number of carbonyl (C=O) groups excluding carboxylic acids is 1. The van der Waals surface area contributed by atoms with Crippen molar-refractivity contribution in [3.63, 3.8) is 0 Å². The van der Waals surface area contributed by atoms with Gasteiger partial charge in [-0.15, -0.1) is 5.10 Å². The van der Waals surface area contributed by atoms with Crippen molar-refractivity contribution in [1.82, 2.24) is 34.7 Å². The van der Waals surface area contributed by atoms with E-state index >= 15 is 0 Å². The molecular formula is C20H18F3N7O. The van der Waals surface area contributed by atoms with Crippen LogP contribution in [0.5, 0.6) is 0 Å². The van der Waals surface area contributed by atoms with E-state index < -0.39 is 11.9 Å². The van der Waals surface area contributed by atoms with Crippen LogP contribution >= 0.6 is 0 Å². The highest BCUT2D eigenvalue weighted by Gasteiger charge is 2.33. The van der Waals surface area contributed by atoms with E-state index in [1.165, 1.54) is 6.20 Å². The summed E-state index contributed by atoms with van der Waals surface area (Å²) in [6, 6.07) is 9.49. The molecule has 1 aromatic carbocycles. The third-order valence-corrected chi connectivity index (χ3v) is 4.55. The molecule has 1 N–H and O–H groups in total. The zero-order chi connectivity index (χ0) is 22.2. The zero-order valence-electron chi connectivity index (χ0n) is 16.7. The number of benzene rings is 1. The van der Waals surface area contributed by atoms with Crippen LogP contribution in [0.3, 0.4) is 0 Å². The molecule has 0 atom stereocenters. The van der Waals surface area contributed by atoms with Crippen molar-refractivity contribution in [2.45, 2.75) is 33.0 Å². The quantitative estimate of drug-likeness (QED) is 0.527. The number of alkyl halides is 3. The van der Waals surface area contributed by atoms with Gasteiger partial charge in [-0.2, -0.15) is 23.3 Å². The minimum Gasteiger partial charge on any atom is -0.352 e. The van der Waals surface area contributed by atoms with Crippen molar-refractivity contribution in [3.05, 3.63) is 71.1 Å². The predicted molar refractivity (Wildman–Crippen MR) is 104 cm³/mol. The van der Waals surface area contributed by atoms with Crippen molar-refractivity contribution in [1.29, 1.82) is 0 Å². The van der Waals surface area contributed by atoms with Crippen molar-refractivity contribution < 1.29 is 18.0 Å². The molecule has 0 aliphatic rings. The number of nitrogens with zero attached hydrogens (tertiary/aromatic N) is 6. The fraction of sp³-hybridized carbons (Fsp3) is 0.250. The highest BCUT2D eigenvalue weighted by molar-refractivity contribution is 5.77. The van der Waals surface area contributed by atoms with Crippen LogP contribution in [0.2, 0.25) is 0 Å². The van der Waals surface area contributed by atoms with E-state index in [2.05, 4.69) is 25.5 Å². The van der Waals surface area contributed by atoms with Crippen LogP contribution in [0.15, 0.2) is 42.6 Å². The van der Waals surface area contributed by atoms with Crippen LogP contribution in [-0.4, -0.2) is 35.3 Å². The number of amides is 1. The second-order valence-corrected chi connectivity index (χ2v) is 7.04. The van der Waals surface area contributed by atoms with Gasteiger partial charge in [0.15, 0.2) is 11.5 Å². The number of aryl methyl sites for hydroxylation is 2. The second-order valence-electron chi connectivity index (χ2n) is 7.04. The monoisotopic (exact) mass is 429 g/mol. The highest BCUT2D eigenvalue weighted by Crippen LogP contribution is 2.27. The van der Waals surface area contributed by atoms with Crippen molar-refractivity contribution >= 4 is 11.7 Å². The summed E-state index contributed by atoms with van der Waals surface area (Å²) >= 11 is 0. The molecule has 0 radical (unpaired) electrons. The smallest absolute Gasteiger partial charge is 0.352 e. The first-order valence-electron chi connectivity index (χ1n) is 9.38. The summed E-state index contributed by atoms with van der Waals surface area (Å²) in [4.78, 5) is 20.8. The molecule has 4 rings (SSSR count). The summed E-state index contributed by atoms with van der Waals surface area (Å²) in [6.45, 7) is 4.01. The Balaban J connectivity index is 1.36. The lowest BCUT2D eigenvalue weighted by molar-refractivity contribution is -0.141. The van der Waals surface area contributed by atoms with Crippen molar-refractivity contribution in [2.75, 3.05) is 0 Å². The maximum Gasteiger partial charge on any atom is 0.435 e. The van der Waals surface area contributed by atoms with E-state index in [1.54, 1.807) is 28.8 Å². The molecule has 0 saturated heterocycles. The van der Waals surface area contributed by atoms with Gasteiger partial charge in [0.05, 0.1) is 12.1 Å². The average Bonchev–Trinajstić information content (AvgIpc) is 3.34. The Hall–Kier alpha value is -3.76. The molecule has 3 heterocycles. The zero-order valence-corrected chi connectivity index (χ0v) is 16.7. The van der Waals surface area contributed by atoms with Gasteiger partial charge >= 0.3 is 6.18 Å². The first-order valence-corrected chi connectivity index (χ1v) is 9.38. The fourth-order valence-corrected chi connectivity index (χ4v) is 3.07. The number of carbonyl (C=O) groups is 1. The predicted octanol–water partition coefficient (Wildman–Crippen LogP) is 2.80. The molecule has 160 valence electrons. The minimum absolute atomic E-state index is 0.00738. The summed E-state index contributed by atoms with van der Waals surface area (Å²) in [5.74, 6) is 0.563. The van der Waals surface area contributed by atoms with E-state index in [0.717, 1.165) is 27.7 Å². The molecule has 0 aliphatic heterocycles. The molecule has 3 aromatic heterocycles. The van der Waals surface area contributed by atoms with Gasteiger partial charge in [0.2, 0.25) is 5.91 Å². The summed E-state index contributed by atoms with van der Waals surface area (Å²) < 4.78 is 40.8. The molecule has 0 fully saturated rings. The number of fused-ring (bicyclic) bond motifs is 1. The minimum atomic E-state index is -4.49. The van der Waals surface area contributed by atoms with Gasteiger partial charge in [-0.25, -0.2) is 14.2 Å². The van der Waals surface area contributed by atoms with Crippen molar-refractivity contribution in [3.8, 4) is 5.69 Å². The Morgan fingerprint density at radius 3 is 2.48 bits per heavy atom. The SMILES string of the molecule is Cc1cc(C)n2nc(CC(=O)NCc3ccc(-n4ccc(C(F)(F)F)n4)cc3)nc2n1. The first-order chi connectivity index (χ1) is 14.7. The maximum atomic E-state index is 12.7. The van der Waals surface area contributed by atoms with Crippen LogP contribution in [0.4, 0.5) is 13.2 Å². The van der Waals surface area contributed by atoms with Gasteiger partial charge in [-0.1, -0.05) is 12.1 Å². The van der Waals surface area contributed by atoms with E-state index in [-0.39, 0.29) is 18.9 Å². The molecule has 0 aliphatic carbocycles. The van der Waals surface area contributed by atoms with E-state index in [1.807, 2.05) is 19.9 Å². The van der Waals surface area contributed by atoms with E-state index in [4.69, 9.17) is 0 Å². The molecule has 0 saturated carbocycles. The number of aromatic nitrogens is 6. The number of hydrogen-bond donors (Lipinski definition) is 1. The number of rotatable bonds is 5. The Morgan fingerprint density at radius 1 is 1.06 bits per heavy atom. The number of hydrogen-bond acceptors (Lipinski definition) is 5. The van der Waals surface area contributed by atoms with E-state index in [9.17, 15) is 18.0 Å². The summed E-state index contributed by atoms with van der Waals surface area (Å²) in [5, 5.41) is 10.6. The third kappa shape index (κ3) is 4.55.